The Morgan fingerprint density at radius 1 is 1.25 bits per heavy atom. The molecule has 16 heavy (non-hydrogen) atoms. The minimum atomic E-state index is 0.766. The molecule has 2 aliphatic rings. The van der Waals surface area contributed by atoms with Crippen LogP contribution in [-0.2, 0) is 0 Å². The summed E-state index contributed by atoms with van der Waals surface area (Å²) < 4.78 is 0. The minimum Gasteiger partial charge on any atom is -0.312 e. The lowest BCUT2D eigenvalue weighted by molar-refractivity contribution is 0.242. The van der Waals surface area contributed by atoms with Crippen LogP contribution in [0.5, 0.6) is 0 Å². The van der Waals surface area contributed by atoms with Crippen molar-refractivity contribution in [1.82, 2.24) is 10.2 Å². The zero-order valence-corrected chi connectivity index (χ0v) is 11.6. The molecule has 2 fully saturated rings. The first-order chi connectivity index (χ1) is 7.77. The lowest BCUT2D eigenvalue weighted by atomic mass is 10.1. The molecule has 1 aliphatic carbocycles. The number of nitrogens with one attached hydrogen (secondary N) is 1. The van der Waals surface area contributed by atoms with Crippen molar-refractivity contribution in [2.24, 2.45) is 0 Å². The first-order valence-electron chi connectivity index (χ1n) is 6.82. The second-order valence-electron chi connectivity index (χ2n) is 5.34. The molecule has 0 radical (unpaired) electrons. The molecule has 0 aromatic rings. The molecule has 1 aliphatic heterocycles. The van der Waals surface area contributed by atoms with E-state index in [1.165, 1.54) is 50.9 Å². The monoisotopic (exact) mass is 242 g/mol. The van der Waals surface area contributed by atoms with Gasteiger partial charge in [-0.25, -0.2) is 0 Å². The van der Waals surface area contributed by atoms with E-state index in [0.717, 1.165) is 17.3 Å². The van der Waals surface area contributed by atoms with E-state index in [1.54, 1.807) is 0 Å². The van der Waals surface area contributed by atoms with Crippen LogP contribution in [0.4, 0.5) is 0 Å². The highest BCUT2D eigenvalue weighted by Crippen LogP contribution is 2.26. The Morgan fingerprint density at radius 3 is 2.62 bits per heavy atom. The number of rotatable bonds is 5. The molecule has 0 aromatic carbocycles. The average Bonchev–Trinajstić information content (AvgIpc) is 2.90. The summed E-state index contributed by atoms with van der Waals surface area (Å²) >= 11 is 2.11. The molecule has 1 N–H and O–H groups in total. The predicted octanol–water partition coefficient (Wildman–Crippen LogP) is 2.34. The summed E-state index contributed by atoms with van der Waals surface area (Å²) in [5.41, 5.74) is 0. The van der Waals surface area contributed by atoms with Crippen LogP contribution in [0.1, 0.15) is 39.0 Å². The largest absolute Gasteiger partial charge is 0.312 e. The van der Waals surface area contributed by atoms with Crippen molar-refractivity contribution < 1.29 is 0 Å². The molecule has 1 saturated heterocycles. The van der Waals surface area contributed by atoms with Crippen LogP contribution in [0.25, 0.3) is 0 Å². The number of nitrogens with zero attached hydrogens (tertiary/aromatic N) is 1. The van der Waals surface area contributed by atoms with E-state index < -0.39 is 0 Å². The SMILES string of the molecule is CC1SCCC1NCCN(C)C1CCCC1. The van der Waals surface area contributed by atoms with Crippen molar-refractivity contribution in [3.63, 3.8) is 0 Å². The highest BCUT2D eigenvalue weighted by Gasteiger charge is 2.24. The Hall–Kier alpha value is 0.270. The lowest BCUT2D eigenvalue weighted by Gasteiger charge is -2.25. The van der Waals surface area contributed by atoms with Crippen LogP contribution in [-0.4, -0.2) is 48.1 Å². The van der Waals surface area contributed by atoms with E-state index in [2.05, 4.69) is 35.9 Å². The minimum absolute atomic E-state index is 0.766. The smallest absolute Gasteiger partial charge is 0.0192 e. The van der Waals surface area contributed by atoms with E-state index in [4.69, 9.17) is 0 Å². The molecule has 0 bridgehead atoms. The van der Waals surface area contributed by atoms with Gasteiger partial charge in [-0.3, -0.25) is 0 Å². The highest BCUT2D eigenvalue weighted by molar-refractivity contribution is 8.00. The molecule has 2 unspecified atom stereocenters. The van der Waals surface area contributed by atoms with Gasteiger partial charge < -0.3 is 10.2 Å². The maximum Gasteiger partial charge on any atom is 0.0192 e. The van der Waals surface area contributed by atoms with Crippen LogP contribution in [0.3, 0.4) is 0 Å². The third kappa shape index (κ3) is 3.38. The van der Waals surface area contributed by atoms with Gasteiger partial charge in [-0.1, -0.05) is 19.8 Å². The van der Waals surface area contributed by atoms with Gasteiger partial charge in [-0.2, -0.15) is 11.8 Å². The molecule has 0 amide bonds. The Balaban J connectivity index is 1.59. The highest BCUT2D eigenvalue weighted by atomic mass is 32.2. The quantitative estimate of drug-likeness (QED) is 0.797. The summed E-state index contributed by atoms with van der Waals surface area (Å²) in [4.78, 5) is 2.56. The second kappa shape index (κ2) is 6.27. The van der Waals surface area contributed by atoms with Crippen molar-refractivity contribution in [3.8, 4) is 0 Å². The number of thioether (sulfide) groups is 1. The third-order valence-electron chi connectivity index (χ3n) is 4.20. The van der Waals surface area contributed by atoms with Gasteiger partial charge in [-0.15, -0.1) is 0 Å². The van der Waals surface area contributed by atoms with E-state index in [9.17, 15) is 0 Å². The average molecular weight is 242 g/mol. The summed E-state index contributed by atoms with van der Waals surface area (Å²) in [7, 11) is 2.30. The van der Waals surface area contributed by atoms with Gasteiger partial charge in [0.1, 0.15) is 0 Å². The normalized spacial score (nSPS) is 31.7. The van der Waals surface area contributed by atoms with Crippen molar-refractivity contribution >= 4 is 11.8 Å². The van der Waals surface area contributed by atoms with Crippen LogP contribution in [0.15, 0.2) is 0 Å². The second-order valence-corrected chi connectivity index (χ2v) is 6.83. The van der Waals surface area contributed by atoms with Gasteiger partial charge >= 0.3 is 0 Å². The Kier molecular flexibility index (Phi) is 4.98. The van der Waals surface area contributed by atoms with Crippen LogP contribution in [0.2, 0.25) is 0 Å². The fourth-order valence-corrected chi connectivity index (χ4v) is 4.18. The Morgan fingerprint density at radius 2 is 2.00 bits per heavy atom. The van der Waals surface area contributed by atoms with Gasteiger partial charge in [0.2, 0.25) is 0 Å². The molecule has 2 nitrogen and oxygen atoms in total. The van der Waals surface area contributed by atoms with Crippen LogP contribution in [0, 0.1) is 0 Å². The molecule has 2 rings (SSSR count). The van der Waals surface area contributed by atoms with Crippen molar-refractivity contribution in [2.75, 3.05) is 25.9 Å². The van der Waals surface area contributed by atoms with E-state index in [-0.39, 0.29) is 0 Å². The summed E-state index contributed by atoms with van der Waals surface area (Å²) in [5.74, 6) is 1.34. The predicted molar refractivity (Wildman–Crippen MR) is 73.2 cm³/mol. The first kappa shape index (κ1) is 12.7. The Bertz CT molecular complexity index is 204. The number of hydrogen-bond acceptors (Lipinski definition) is 3. The van der Waals surface area contributed by atoms with E-state index in [1.807, 2.05) is 0 Å². The zero-order chi connectivity index (χ0) is 11.4. The standard InChI is InChI=1S/C13H26N2S/c1-11-13(7-10-16-11)14-8-9-15(2)12-5-3-4-6-12/h11-14H,3-10H2,1-2H3. The molecular formula is C13H26N2S. The third-order valence-corrected chi connectivity index (χ3v) is 5.52. The number of hydrogen-bond donors (Lipinski definition) is 1. The molecule has 0 spiro atoms. The molecule has 1 heterocycles. The van der Waals surface area contributed by atoms with E-state index >= 15 is 0 Å². The summed E-state index contributed by atoms with van der Waals surface area (Å²) in [5, 5.41) is 4.54. The van der Waals surface area contributed by atoms with Gasteiger partial charge in [0.05, 0.1) is 0 Å². The maximum atomic E-state index is 3.72. The number of likely N-dealkylation sites (N-methyl/N-ethyl adjacent to an activating group) is 1. The fraction of sp³-hybridized carbons (Fsp3) is 1.00. The molecule has 1 saturated carbocycles. The summed E-state index contributed by atoms with van der Waals surface area (Å²) in [6, 6.07) is 1.64. The van der Waals surface area contributed by atoms with Gasteiger partial charge in [0.25, 0.3) is 0 Å². The van der Waals surface area contributed by atoms with Gasteiger partial charge in [0.15, 0.2) is 0 Å². The van der Waals surface area contributed by atoms with Crippen LogP contribution < -0.4 is 5.32 Å². The van der Waals surface area contributed by atoms with Crippen molar-refractivity contribution in [1.29, 1.82) is 0 Å². The van der Waals surface area contributed by atoms with Crippen LogP contribution >= 0.6 is 11.8 Å². The zero-order valence-electron chi connectivity index (χ0n) is 10.7. The maximum absolute atomic E-state index is 3.72. The lowest BCUT2D eigenvalue weighted by Crippen LogP contribution is -2.40. The molecular weight excluding hydrogens is 216 g/mol. The Labute approximate surface area is 105 Å². The van der Waals surface area contributed by atoms with Crippen molar-refractivity contribution in [3.05, 3.63) is 0 Å². The van der Waals surface area contributed by atoms with Crippen molar-refractivity contribution in [2.45, 2.75) is 56.4 Å². The first-order valence-corrected chi connectivity index (χ1v) is 7.87. The molecule has 0 aromatic heterocycles. The van der Waals surface area contributed by atoms with Gasteiger partial charge in [-0.05, 0) is 32.1 Å². The summed E-state index contributed by atoms with van der Waals surface area (Å²) in [6.07, 6.45) is 7.09. The van der Waals surface area contributed by atoms with Gasteiger partial charge in [0, 0.05) is 30.4 Å². The molecule has 94 valence electrons. The van der Waals surface area contributed by atoms with E-state index in [0.29, 0.717) is 0 Å². The summed E-state index contributed by atoms with van der Waals surface area (Å²) in [6.45, 7) is 4.75. The fourth-order valence-electron chi connectivity index (χ4n) is 2.95. The topological polar surface area (TPSA) is 15.3 Å². The molecule has 2 atom stereocenters. The molecule has 3 heteroatoms.